The van der Waals surface area contributed by atoms with E-state index in [1.54, 1.807) is 0 Å². The molecule has 6 nitrogen and oxygen atoms in total. The van der Waals surface area contributed by atoms with Gasteiger partial charge >= 0.3 is 0 Å². The van der Waals surface area contributed by atoms with E-state index in [-0.39, 0.29) is 30.1 Å². The first-order valence-electron chi connectivity index (χ1n) is 11.8. The van der Waals surface area contributed by atoms with Gasteiger partial charge in [-0.25, -0.2) is 0 Å². The van der Waals surface area contributed by atoms with Crippen LogP contribution in [-0.4, -0.2) is 65.9 Å². The zero-order valence-electron chi connectivity index (χ0n) is 20.8. The highest BCUT2D eigenvalue weighted by atomic mass is 32.1. The number of nitrogens with zero attached hydrogens (tertiary/aromatic N) is 1. The average Bonchev–Trinajstić information content (AvgIpc) is 3.51. The Morgan fingerprint density at radius 2 is 1.69 bits per heavy atom. The van der Waals surface area contributed by atoms with Crippen LogP contribution in [0.15, 0.2) is 4.99 Å². The lowest BCUT2D eigenvalue weighted by Gasteiger charge is -2.30. The van der Waals surface area contributed by atoms with Crippen molar-refractivity contribution in [3.05, 3.63) is 0 Å². The van der Waals surface area contributed by atoms with E-state index in [9.17, 15) is 9.59 Å². The normalized spacial score (nSPS) is 16.3. The number of ether oxygens (including phenoxy) is 2. The zero-order valence-corrected chi connectivity index (χ0v) is 22.6. The van der Waals surface area contributed by atoms with Gasteiger partial charge in [-0.15, -0.1) is 0 Å². The lowest BCUT2D eigenvalue weighted by atomic mass is 10.0. The van der Waals surface area contributed by atoms with Gasteiger partial charge in [0.2, 0.25) is 5.91 Å². The Balaban J connectivity index is 2.45. The maximum Gasteiger partial charge on any atom is 0.223 e. The molecule has 1 fully saturated rings. The highest BCUT2D eigenvalue weighted by Crippen LogP contribution is 2.32. The molecule has 0 saturated heterocycles. The predicted molar refractivity (Wildman–Crippen MR) is 138 cm³/mol. The maximum absolute atomic E-state index is 12.7. The van der Waals surface area contributed by atoms with Crippen molar-refractivity contribution >= 4 is 42.7 Å². The number of carbonyl (C=O) groups excluding carboxylic acids is 2. The number of rotatable bonds is 17. The number of Topliss-reactive ketones (excluding diaryl/α,β-unsaturated/α-hetero) is 1. The number of amides is 1. The van der Waals surface area contributed by atoms with Crippen molar-refractivity contribution in [2.24, 2.45) is 16.8 Å². The number of ketones is 1. The third-order valence-corrected chi connectivity index (χ3v) is 6.10. The second-order valence-corrected chi connectivity index (χ2v) is 10.9. The summed E-state index contributed by atoms with van der Waals surface area (Å²) < 4.78 is 11.9. The van der Waals surface area contributed by atoms with E-state index in [0.717, 1.165) is 18.6 Å². The minimum absolute atomic E-state index is 0.0359. The van der Waals surface area contributed by atoms with Crippen LogP contribution >= 0.6 is 25.3 Å². The van der Waals surface area contributed by atoms with E-state index in [4.69, 9.17) is 9.47 Å². The summed E-state index contributed by atoms with van der Waals surface area (Å²) in [6, 6.07) is -0.144. The molecule has 1 rings (SSSR count). The summed E-state index contributed by atoms with van der Waals surface area (Å²) in [7, 11) is 0. The van der Waals surface area contributed by atoms with Crippen molar-refractivity contribution in [3.8, 4) is 0 Å². The Morgan fingerprint density at radius 3 is 2.22 bits per heavy atom. The van der Waals surface area contributed by atoms with Gasteiger partial charge in [-0.1, -0.05) is 13.8 Å². The van der Waals surface area contributed by atoms with Gasteiger partial charge < -0.3 is 14.8 Å². The van der Waals surface area contributed by atoms with Crippen molar-refractivity contribution < 1.29 is 19.1 Å². The molecule has 0 radical (unpaired) electrons. The SMILES string of the molecule is CC(C)C(=O)CCOC(C)(C)CCOC(C)(C)CC(=O)NC(CS)C(=NCCS)C1CC1. The Bertz CT molecular complexity index is 631. The second-order valence-electron chi connectivity index (χ2n) is 10.1. The number of aliphatic imine (C=N–C) groups is 1. The van der Waals surface area contributed by atoms with Crippen LogP contribution in [0.3, 0.4) is 0 Å². The number of hydrogen-bond acceptors (Lipinski definition) is 7. The van der Waals surface area contributed by atoms with Crippen molar-refractivity contribution in [2.45, 2.75) is 90.9 Å². The van der Waals surface area contributed by atoms with Gasteiger partial charge in [0.1, 0.15) is 5.78 Å². The van der Waals surface area contributed by atoms with E-state index in [1.807, 2.05) is 41.5 Å². The first kappa shape index (κ1) is 29.5. The molecule has 0 aromatic carbocycles. The Labute approximate surface area is 205 Å². The monoisotopic (exact) mass is 488 g/mol. The van der Waals surface area contributed by atoms with Gasteiger partial charge in [-0.3, -0.25) is 14.6 Å². The topological polar surface area (TPSA) is 77.0 Å². The van der Waals surface area contributed by atoms with Gasteiger partial charge in [0, 0.05) is 36.1 Å². The van der Waals surface area contributed by atoms with Crippen LogP contribution in [0, 0.1) is 11.8 Å². The largest absolute Gasteiger partial charge is 0.375 e. The number of hydrogen-bond donors (Lipinski definition) is 3. The summed E-state index contributed by atoms with van der Waals surface area (Å²) in [4.78, 5) is 29.1. The minimum atomic E-state index is -0.600. The van der Waals surface area contributed by atoms with Gasteiger partial charge in [0.25, 0.3) is 0 Å². The molecule has 1 saturated carbocycles. The Morgan fingerprint density at radius 1 is 1.06 bits per heavy atom. The van der Waals surface area contributed by atoms with Crippen LogP contribution in [0.4, 0.5) is 0 Å². The number of nitrogens with one attached hydrogen (secondary N) is 1. The van der Waals surface area contributed by atoms with Gasteiger partial charge in [-0.05, 0) is 52.9 Å². The lowest BCUT2D eigenvalue weighted by molar-refractivity contribution is -0.129. The highest BCUT2D eigenvalue weighted by Gasteiger charge is 2.34. The maximum atomic E-state index is 12.7. The van der Waals surface area contributed by atoms with Crippen LogP contribution in [-0.2, 0) is 19.1 Å². The first-order valence-corrected chi connectivity index (χ1v) is 13.0. The van der Waals surface area contributed by atoms with Crippen molar-refractivity contribution in [1.29, 1.82) is 0 Å². The molecule has 8 heteroatoms. The van der Waals surface area contributed by atoms with Crippen molar-refractivity contribution in [2.75, 3.05) is 31.3 Å². The molecule has 0 aromatic rings. The fourth-order valence-corrected chi connectivity index (χ4v) is 3.72. The molecule has 1 aliphatic carbocycles. The quantitative estimate of drug-likeness (QED) is 0.212. The number of thiol groups is 2. The summed E-state index contributed by atoms with van der Waals surface area (Å²) in [5, 5.41) is 3.10. The zero-order chi connectivity index (χ0) is 24.4. The fraction of sp³-hybridized carbons (Fsp3) is 0.875. The average molecular weight is 489 g/mol. The highest BCUT2D eigenvalue weighted by molar-refractivity contribution is 7.80. The third-order valence-electron chi connectivity index (χ3n) is 5.53. The molecule has 0 aromatic heterocycles. The van der Waals surface area contributed by atoms with Crippen molar-refractivity contribution in [1.82, 2.24) is 5.32 Å². The molecule has 1 amide bonds. The first-order chi connectivity index (χ1) is 14.9. The van der Waals surface area contributed by atoms with Gasteiger partial charge in [0.05, 0.1) is 36.9 Å². The van der Waals surface area contributed by atoms with E-state index in [2.05, 4.69) is 35.6 Å². The molecule has 1 N–H and O–H groups in total. The Hall–Kier alpha value is -0.570. The van der Waals surface area contributed by atoms with Gasteiger partial charge in [-0.2, -0.15) is 25.3 Å². The van der Waals surface area contributed by atoms with E-state index in [1.165, 1.54) is 0 Å². The molecule has 1 atom stereocenters. The summed E-state index contributed by atoms with van der Waals surface area (Å²) >= 11 is 8.69. The molecule has 1 aliphatic rings. The molecule has 0 aliphatic heterocycles. The summed E-state index contributed by atoms with van der Waals surface area (Å²) in [6.07, 6.45) is 3.62. The van der Waals surface area contributed by atoms with E-state index >= 15 is 0 Å². The van der Waals surface area contributed by atoms with Crippen molar-refractivity contribution in [3.63, 3.8) is 0 Å². The minimum Gasteiger partial charge on any atom is -0.375 e. The molecular formula is C24H44N2O4S2. The van der Waals surface area contributed by atoms with Crippen LogP contribution in [0.1, 0.15) is 73.6 Å². The second kappa shape index (κ2) is 14.0. The van der Waals surface area contributed by atoms with Crippen LogP contribution < -0.4 is 5.32 Å². The summed E-state index contributed by atoms with van der Waals surface area (Å²) in [5.41, 5.74) is 0.0580. The third kappa shape index (κ3) is 12.1. The predicted octanol–water partition coefficient (Wildman–Crippen LogP) is 4.17. The molecular weight excluding hydrogens is 444 g/mol. The lowest BCUT2D eigenvalue weighted by Crippen LogP contribution is -2.46. The molecule has 0 bridgehead atoms. The molecule has 1 unspecified atom stereocenters. The van der Waals surface area contributed by atoms with Crippen LogP contribution in [0.25, 0.3) is 0 Å². The van der Waals surface area contributed by atoms with E-state index in [0.29, 0.717) is 50.0 Å². The van der Waals surface area contributed by atoms with E-state index < -0.39 is 11.2 Å². The Kier molecular flexibility index (Phi) is 12.9. The molecule has 32 heavy (non-hydrogen) atoms. The molecule has 0 spiro atoms. The standard InChI is InChI=1S/C24H44N2O4S2/c1-17(2)20(27)9-12-29-23(3,4)10-13-30-24(5,6)15-21(28)26-19(16-32)22(18-7-8-18)25-11-14-31/h17-19,31-32H,7-16H2,1-6H3,(H,26,28). The van der Waals surface area contributed by atoms with Gasteiger partial charge in [0.15, 0.2) is 0 Å². The van der Waals surface area contributed by atoms with Crippen LogP contribution in [0.2, 0.25) is 0 Å². The fourth-order valence-electron chi connectivity index (χ4n) is 3.34. The molecule has 0 heterocycles. The smallest absolute Gasteiger partial charge is 0.223 e. The summed E-state index contributed by atoms with van der Waals surface area (Å²) in [6.45, 7) is 13.2. The molecule has 186 valence electrons. The summed E-state index contributed by atoms with van der Waals surface area (Å²) in [5.74, 6) is 1.88. The number of carbonyl (C=O) groups is 2. The van der Waals surface area contributed by atoms with Crippen LogP contribution in [0.5, 0.6) is 0 Å².